The number of carbonyl (C=O) groups excluding carboxylic acids is 2. The average molecular weight is 397 g/mol. The maximum absolute atomic E-state index is 12.4. The average Bonchev–Trinajstić information content (AvgIpc) is 3.53. The van der Waals surface area contributed by atoms with Crippen LogP contribution in [0, 0.1) is 23.7 Å². The predicted molar refractivity (Wildman–Crippen MR) is 117 cm³/mol. The molecule has 29 heavy (non-hydrogen) atoms. The molecule has 1 N–H and O–H groups in total. The first-order valence-corrected chi connectivity index (χ1v) is 11.3. The fourth-order valence-electron chi connectivity index (χ4n) is 3.72. The highest BCUT2D eigenvalue weighted by atomic mass is 16.2. The van der Waals surface area contributed by atoms with Gasteiger partial charge < -0.3 is 5.32 Å². The van der Waals surface area contributed by atoms with Crippen LogP contribution in [0.15, 0.2) is 18.2 Å². The van der Waals surface area contributed by atoms with Crippen molar-refractivity contribution in [2.45, 2.75) is 90.9 Å². The summed E-state index contributed by atoms with van der Waals surface area (Å²) in [5, 5.41) is 11.8. The summed E-state index contributed by atoms with van der Waals surface area (Å²) >= 11 is 0. The van der Waals surface area contributed by atoms with E-state index in [1.165, 1.54) is 62.5 Å². The zero-order valence-corrected chi connectivity index (χ0v) is 18.2. The van der Waals surface area contributed by atoms with Crippen molar-refractivity contribution < 1.29 is 9.59 Å². The summed E-state index contributed by atoms with van der Waals surface area (Å²) in [6.07, 6.45) is 13.9. The third-order valence-electron chi connectivity index (χ3n) is 6.07. The van der Waals surface area contributed by atoms with Gasteiger partial charge in [0.15, 0.2) is 5.78 Å². The van der Waals surface area contributed by atoms with E-state index >= 15 is 0 Å². The van der Waals surface area contributed by atoms with E-state index in [0.29, 0.717) is 18.4 Å². The lowest BCUT2D eigenvalue weighted by molar-refractivity contribution is -0.121. The van der Waals surface area contributed by atoms with Crippen LogP contribution in [0.2, 0.25) is 0 Å². The summed E-state index contributed by atoms with van der Waals surface area (Å²) in [5.74, 6) is -0.407. The smallest absolute Gasteiger partial charge is 0.251 e. The topological polar surface area (TPSA) is 70.0 Å². The van der Waals surface area contributed by atoms with Gasteiger partial charge in [-0.1, -0.05) is 64.4 Å². The summed E-state index contributed by atoms with van der Waals surface area (Å²) in [6.45, 7) is 4.27. The molecule has 158 valence electrons. The SMILES string of the molecule is CCCCCCCCCCCc1cc(C(=O)NCC(=O)C2(C#N)CC2)ccc1C. The Morgan fingerprint density at radius 1 is 1.03 bits per heavy atom. The van der Waals surface area contributed by atoms with Gasteiger partial charge in [-0.15, -0.1) is 0 Å². The monoisotopic (exact) mass is 396 g/mol. The highest BCUT2D eigenvalue weighted by Gasteiger charge is 2.49. The van der Waals surface area contributed by atoms with Crippen molar-refractivity contribution in [3.8, 4) is 6.07 Å². The largest absolute Gasteiger partial charge is 0.345 e. The van der Waals surface area contributed by atoms with Crippen LogP contribution >= 0.6 is 0 Å². The molecule has 0 aliphatic heterocycles. The van der Waals surface area contributed by atoms with Gasteiger partial charge in [0.2, 0.25) is 0 Å². The number of nitriles is 1. The summed E-state index contributed by atoms with van der Waals surface area (Å²) in [6, 6.07) is 7.83. The number of hydrogen-bond acceptors (Lipinski definition) is 3. The lowest BCUT2D eigenvalue weighted by Crippen LogP contribution is -2.33. The summed E-state index contributed by atoms with van der Waals surface area (Å²) < 4.78 is 0. The molecule has 1 saturated carbocycles. The molecule has 1 aliphatic rings. The molecule has 2 rings (SSSR count). The van der Waals surface area contributed by atoms with Crippen molar-refractivity contribution in [3.63, 3.8) is 0 Å². The maximum atomic E-state index is 12.4. The van der Waals surface area contributed by atoms with Gasteiger partial charge in [0.25, 0.3) is 5.91 Å². The van der Waals surface area contributed by atoms with Crippen molar-refractivity contribution in [2.75, 3.05) is 6.54 Å². The Morgan fingerprint density at radius 3 is 2.24 bits per heavy atom. The van der Waals surface area contributed by atoms with Gasteiger partial charge in [0.05, 0.1) is 12.6 Å². The third-order valence-corrected chi connectivity index (χ3v) is 6.07. The second kappa shape index (κ2) is 11.8. The first kappa shape index (κ1) is 23.1. The van der Waals surface area contributed by atoms with Crippen LogP contribution in [0.5, 0.6) is 0 Å². The minimum atomic E-state index is -0.832. The van der Waals surface area contributed by atoms with Crippen LogP contribution < -0.4 is 5.32 Å². The number of amides is 1. The van der Waals surface area contributed by atoms with E-state index in [1.54, 1.807) is 0 Å². The van der Waals surface area contributed by atoms with E-state index in [1.807, 2.05) is 18.2 Å². The molecule has 1 aliphatic carbocycles. The van der Waals surface area contributed by atoms with E-state index in [9.17, 15) is 9.59 Å². The molecule has 1 aromatic rings. The van der Waals surface area contributed by atoms with Crippen molar-refractivity contribution in [1.29, 1.82) is 5.26 Å². The van der Waals surface area contributed by atoms with E-state index in [-0.39, 0.29) is 18.2 Å². The molecule has 0 heterocycles. The van der Waals surface area contributed by atoms with Gasteiger partial charge >= 0.3 is 0 Å². The Hall–Kier alpha value is -2.15. The van der Waals surface area contributed by atoms with E-state index in [4.69, 9.17) is 5.26 Å². The lowest BCUT2D eigenvalue weighted by Gasteiger charge is -2.10. The number of ketones is 1. The Balaban J connectivity index is 1.72. The van der Waals surface area contributed by atoms with Gasteiger partial charge in [-0.3, -0.25) is 9.59 Å². The number of benzene rings is 1. The quantitative estimate of drug-likeness (QED) is 0.412. The maximum Gasteiger partial charge on any atom is 0.251 e. The summed E-state index contributed by atoms with van der Waals surface area (Å²) in [4.78, 5) is 24.5. The standard InChI is InChI=1S/C25H36N2O2/c1-3-4-5-6-7-8-9-10-11-12-21-17-22(14-13-20(21)2)24(29)27-18-23(28)25(19-26)15-16-25/h13-14,17H,3-12,15-16,18H2,1-2H3,(H,27,29). The van der Waals surface area contributed by atoms with Crippen molar-refractivity contribution in [1.82, 2.24) is 5.32 Å². The normalized spacial score (nSPS) is 14.2. The number of aryl methyl sites for hydroxylation is 2. The predicted octanol–water partition coefficient (Wildman–Crippen LogP) is 5.67. The molecule has 0 atom stereocenters. The van der Waals surface area contributed by atoms with Gasteiger partial charge in [-0.2, -0.15) is 5.26 Å². The number of carbonyl (C=O) groups is 2. The second-order valence-electron chi connectivity index (χ2n) is 8.52. The molecule has 1 aromatic carbocycles. The summed E-state index contributed by atoms with van der Waals surface area (Å²) in [5.41, 5.74) is 2.18. The number of rotatable bonds is 14. The number of unbranched alkanes of at least 4 members (excludes halogenated alkanes) is 8. The first-order chi connectivity index (χ1) is 14.0. The van der Waals surface area contributed by atoms with Gasteiger partial charge in [0.1, 0.15) is 5.41 Å². The highest BCUT2D eigenvalue weighted by molar-refractivity contribution is 5.99. The minimum absolute atomic E-state index is 0.0616. The fourth-order valence-corrected chi connectivity index (χ4v) is 3.72. The molecular weight excluding hydrogens is 360 g/mol. The molecule has 4 nitrogen and oxygen atoms in total. The van der Waals surface area contributed by atoms with Crippen LogP contribution in [0.3, 0.4) is 0 Å². The molecule has 1 amide bonds. The van der Waals surface area contributed by atoms with Crippen LogP contribution in [-0.4, -0.2) is 18.2 Å². The third kappa shape index (κ3) is 7.31. The zero-order valence-electron chi connectivity index (χ0n) is 18.2. The summed E-state index contributed by atoms with van der Waals surface area (Å²) in [7, 11) is 0. The molecule has 4 heteroatoms. The van der Waals surface area contributed by atoms with E-state index in [2.05, 4.69) is 25.2 Å². The number of nitrogens with zero attached hydrogens (tertiary/aromatic N) is 1. The second-order valence-corrected chi connectivity index (χ2v) is 8.52. The fraction of sp³-hybridized carbons (Fsp3) is 0.640. The van der Waals surface area contributed by atoms with Crippen LogP contribution in [0.4, 0.5) is 0 Å². The Morgan fingerprint density at radius 2 is 1.66 bits per heavy atom. The van der Waals surface area contributed by atoms with E-state index in [0.717, 1.165) is 12.8 Å². The molecular formula is C25H36N2O2. The number of Topliss-reactive ketones (excluding diaryl/α,β-unsaturated/α-hetero) is 1. The van der Waals surface area contributed by atoms with Gasteiger partial charge in [-0.05, 0) is 55.9 Å². The van der Waals surface area contributed by atoms with Crippen LogP contribution in [-0.2, 0) is 11.2 Å². The molecule has 0 unspecified atom stereocenters. The van der Waals surface area contributed by atoms with E-state index < -0.39 is 5.41 Å². The molecule has 0 spiro atoms. The van der Waals surface area contributed by atoms with Gasteiger partial charge in [0, 0.05) is 5.56 Å². The minimum Gasteiger partial charge on any atom is -0.345 e. The van der Waals surface area contributed by atoms with Crippen molar-refractivity contribution in [3.05, 3.63) is 34.9 Å². The Kier molecular flexibility index (Phi) is 9.38. The van der Waals surface area contributed by atoms with Gasteiger partial charge in [-0.25, -0.2) is 0 Å². The molecule has 0 saturated heterocycles. The zero-order chi connectivity index (χ0) is 21.1. The molecule has 0 aromatic heterocycles. The van der Waals surface area contributed by atoms with Crippen LogP contribution in [0.25, 0.3) is 0 Å². The Labute approximate surface area is 176 Å². The molecule has 0 radical (unpaired) electrons. The molecule has 1 fully saturated rings. The lowest BCUT2D eigenvalue weighted by atomic mass is 9.98. The Bertz CT molecular complexity index is 729. The van der Waals surface area contributed by atoms with Crippen molar-refractivity contribution in [2.24, 2.45) is 5.41 Å². The van der Waals surface area contributed by atoms with Crippen LogP contribution in [0.1, 0.15) is 99.0 Å². The van der Waals surface area contributed by atoms with Crippen molar-refractivity contribution >= 4 is 11.7 Å². The number of hydrogen-bond donors (Lipinski definition) is 1. The first-order valence-electron chi connectivity index (χ1n) is 11.3. The molecule has 0 bridgehead atoms. The highest BCUT2D eigenvalue weighted by Crippen LogP contribution is 2.45. The number of nitrogens with one attached hydrogen (secondary N) is 1.